The smallest absolute Gasteiger partial charge is 0.335 e. The summed E-state index contributed by atoms with van der Waals surface area (Å²) in [4.78, 5) is 48.6. The maximum atomic E-state index is 12.3. The van der Waals surface area contributed by atoms with Crippen LogP contribution in [0.15, 0.2) is 46.9 Å². The molecule has 0 unspecified atom stereocenters. The lowest BCUT2D eigenvalue weighted by atomic mass is 10.1. The summed E-state index contributed by atoms with van der Waals surface area (Å²) in [6, 6.07) is 10.9. The zero-order valence-electron chi connectivity index (χ0n) is 13.4. The number of carboxylic acids is 1. The minimum absolute atomic E-state index is 0.0919. The molecule has 8 heteroatoms. The molecule has 1 aliphatic rings. The molecule has 1 aliphatic heterocycles. The molecule has 0 bridgehead atoms. The van der Waals surface area contributed by atoms with E-state index in [0.717, 1.165) is 4.90 Å². The van der Waals surface area contributed by atoms with Crippen molar-refractivity contribution in [2.75, 3.05) is 6.54 Å². The largest absolute Gasteiger partial charge is 0.478 e. The molecule has 3 amide bonds. The number of nitrogens with one attached hydrogen (secondary N) is 1. The number of hydrogen-bond donors (Lipinski definition) is 2. The second kappa shape index (κ2) is 7.09. The summed E-state index contributed by atoms with van der Waals surface area (Å²) in [6.07, 6.45) is 0. The van der Waals surface area contributed by atoms with Crippen molar-refractivity contribution in [1.29, 1.82) is 0 Å². The maximum Gasteiger partial charge on any atom is 0.335 e. The van der Waals surface area contributed by atoms with Crippen molar-refractivity contribution in [3.63, 3.8) is 0 Å². The van der Waals surface area contributed by atoms with Gasteiger partial charge in [0.1, 0.15) is 6.54 Å². The lowest BCUT2D eigenvalue weighted by molar-refractivity contribution is -0.121. The SMILES string of the molecule is O=C(CN1C(=O)c2ccc(Br)cc2C1=O)NCc1cccc(C(=O)O)c1. The molecular formula is C18H13BrN2O5. The van der Waals surface area contributed by atoms with E-state index >= 15 is 0 Å². The van der Waals surface area contributed by atoms with E-state index in [1.165, 1.54) is 18.2 Å². The van der Waals surface area contributed by atoms with Gasteiger partial charge in [0.25, 0.3) is 11.8 Å². The molecule has 0 aliphatic carbocycles. The van der Waals surface area contributed by atoms with Crippen molar-refractivity contribution >= 4 is 39.6 Å². The molecule has 26 heavy (non-hydrogen) atoms. The number of hydrogen-bond acceptors (Lipinski definition) is 4. The van der Waals surface area contributed by atoms with Gasteiger partial charge in [0.15, 0.2) is 0 Å². The Morgan fingerprint density at radius 1 is 1.04 bits per heavy atom. The maximum absolute atomic E-state index is 12.3. The first-order valence-corrected chi connectivity index (χ1v) is 8.41. The molecule has 2 N–H and O–H groups in total. The van der Waals surface area contributed by atoms with Crippen LogP contribution in [0, 0.1) is 0 Å². The Bertz CT molecular complexity index is 941. The second-order valence-electron chi connectivity index (χ2n) is 5.67. The molecule has 132 valence electrons. The molecular weight excluding hydrogens is 404 g/mol. The molecule has 0 radical (unpaired) electrons. The van der Waals surface area contributed by atoms with E-state index in [-0.39, 0.29) is 23.2 Å². The van der Waals surface area contributed by atoms with Crippen LogP contribution in [-0.4, -0.2) is 40.2 Å². The highest BCUT2D eigenvalue weighted by Crippen LogP contribution is 2.25. The number of aromatic carboxylic acids is 1. The van der Waals surface area contributed by atoms with E-state index in [2.05, 4.69) is 21.2 Å². The van der Waals surface area contributed by atoms with Crippen LogP contribution in [0.3, 0.4) is 0 Å². The summed E-state index contributed by atoms with van der Waals surface area (Å²) in [5.41, 5.74) is 1.23. The molecule has 0 fully saturated rings. The Balaban J connectivity index is 1.64. The Kier molecular flexibility index (Phi) is 4.85. The fraction of sp³-hybridized carbons (Fsp3) is 0.111. The Labute approximate surface area is 156 Å². The molecule has 0 atom stereocenters. The van der Waals surface area contributed by atoms with E-state index in [9.17, 15) is 19.2 Å². The number of carbonyl (C=O) groups is 4. The molecule has 3 rings (SSSR count). The minimum atomic E-state index is -1.06. The predicted molar refractivity (Wildman–Crippen MR) is 94.8 cm³/mol. The highest BCUT2D eigenvalue weighted by molar-refractivity contribution is 9.10. The summed E-state index contributed by atoms with van der Waals surface area (Å²) in [5, 5.41) is 11.6. The van der Waals surface area contributed by atoms with Gasteiger partial charge in [0.05, 0.1) is 16.7 Å². The Hall–Kier alpha value is -3.00. The minimum Gasteiger partial charge on any atom is -0.478 e. The number of halogens is 1. The third-order valence-electron chi connectivity index (χ3n) is 3.90. The number of carbonyl (C=O) groups excluding carboxylic acids is 3. The van der Waals surface area contributed by atoms with Crippen LogP contribution in [0.2, 0.25) is 0 Å². The van der Waals surface area contributed by atoms with Crippen molar-refractivity contribution in [2.45, 2.75) is 6.54 Å². The summed E-state index contributed by atoms with van der Waals surface area (Å²) in [5.74, 6) is -2.61. The van der Waals surface area contributed by atoms with Gasteiger partial charge >= 0.3 is 5.97 Å². The van der Waals surface area contributed by atoms with Crippen molar-refractivity contribution in [1.82, 2.24) is 10.2 Å². The highest BCUT2D eigenvalue weighted by Gasteiger charge is 2.36. The van der Waals surface area contributed by atoms with Gasteiger partial charge in [-0.3, -0.25) is 19.3 Å². The van der Waals surface area contributed by atoms with E-state index in [0.29, 0.717) is 10.0 Å². The standard InChI is InChI=1S/C18H13BrN2O5/c19-12-4-5-13-14(7-12)17(24)21(16(13)23)9-15(22)20-8-10-2-1-3-11(6-10)18(25)26/h1-7H,8-9H2,(H,20,22)(H,25,26). The van der Waals surface area contributed by atoms with Crippen LogP contribution in [0.1, 0.15) is 36.6 Å². The van der Waals surface area contributed by atoms with Gasteiger partial charge in [-0.1, -0.05) is 28.1 Å². The fourth-order valence-corrected chi connectivity index (χ4v) is 2.98. The zero-order chi connectivity index (χ0) is 18.8. The average molecular weight is 417 g/mol. The monoisotopic (exact) mass is 416 g/mol. The quantitative estimate of drug-likeness (QED) is 0.725. The number of nitrogens with zero attached hydrogens (tertiary/aromatic N) is 1. The van der Waals surface area contributed by atoms with Gasteiger partial charge in [-0.05, 0) is 35.9 Å². The van der Waals surface area contributed by atoms with Crippen LogP contribution < -0.4 is 5.32 Å². The molecule has 0 spiro atoms. The Morgan fingerprint density at radius 3 is 2.50 bits per heavy atom. The zero-order valence-corrected chi connectivity index (χ0v) is 14.9. The highest BCUT2D eigenvalue weighted by atomic mass is 79.9. The second-order valence-corrected chi connectivity index (χ2v) is 6.58. The van der Waals surface area contributed by atoms with Gasteiger partial charge in [-0.2, -0.15) is 0 Å². The van der Waals surface area contributed by atoms with Crippen LogP contribution in [0.25, 0.3) is 0 Å². The van der Waals surface area contributed by atoms with E-state index in [4.69, 9.17) is 5.11 Å². The first kappa shape index (κ1) is 17.8. The number of benzene rings is 2. The number of rotatable bonds is 5. The van der Waals surface area contributed by atoms with Crippen LogP contribution >= 0.6 is 15.9 Å². The molecule has 2 aromatic carbocycles. The van der Waals surface area contributed by atoms with E-state index in [1.807, 2.05) is 0 Å². The first-order valence-electron chi connectivity index (χ1n) is 7.61. The van der Waals surface area contributed by atoms with Crippen LogP contribution in [0.4, 0.5) is 0 Å². The topological polar surface area (TPSA) is 104 Å². The number of imide groups is 1. The van der Waals surface area contributed by atoms with E-state index in [1.54, 1.807) is 24.3 Å². The normalized spacial score (nSPS) is 12.9. The van der Waals surface area contributed by atoms with Crippen molar-refractivity contribution < 1.29 is 24.3 Å². The lowest BCUT2D eigenvalue weighted by Gasteiger charge is -2.13. The molecule has 0 aromatic heterocycles. The van der Waals surface area contributed by atoms with Gasteiger partial charge in [0, 0.05) is 11.0 Å². The van der Waals surface area contributed by atoms with E-state index < -0.39 is 30.2 Å². The summed E-state index contributed by atoms with van der Waals surface area (Å²) in [6.45, 7) is -0.308. The predicted octanol–water partition coefficient (Wildman–Crippen LogP) is 2.06. The van der Waals surface area contributed by atoms with Crippen LogP contribution in [-0.2, 0) is 11.3 Å². The third kappa shape index (κ3) is 3.50. The number of amides is 3. The first-order chi connectivity index (χ1) is 12.4. The summed E-state index contributed by atoms with van der Waals surface area (Å²) < 4.78 is 0.669. The van der Waals surface area contributed by atoms with Crippen molar-refractivity contribution in [3.05, 3.63) is 69.2 Å². The number of fused-ring (bicyclic) bond motifs is 1. The van der Waals surface area contributed by atoms with Gasteiger partial charge in [-0.15, -0.1) is 0 Å². The van der Waals surface area contributed by atoms with Crippen molar-refractivity contribution in [3.8, 4) is 0 Å². The van der Waals surface area contributed by atoms with Crippen molar-refractivity contribution in [2.24, 2.45) is 0 Å². The molecule has 7 nitrogen and oxygen atoms in total. The molecule has 0 saturated carbocycles. The molecule has 2 aromatic rings. The lowest BCUT2D eigenvalue weighted by Crippen LogP contribution is -2.40. The molecule has 1 heterocycles. The Morgan fingerprint density at radius 2 is 1.77 bits per heavy atom. The third-order valence-corrected chi connectivity index (χ3v) is 4.39. The van der Waals surface area contributed by atoms with Gasteiger partial charge < -0.3 is 10.4 Å². The molecule has 0 saturated heterocycles. The number of carboxylic acid groups (broad SMARTS) is 1. The fourth-order valence-electron chi connectivity index (χ4n) is 2.62. The van der Waals surface area contributed by atoms with Gasteiger partial charge in [-0.25, -0.2) is 4.79 Å². The summed E-state index contributed by atoms with van der Waals surface area (Å²) in [7, 11) is 0. The summed E-state index contributed by atoms with van der Waals surface area (Å²) >= 11 is 3.25. The average Bonchev–Trinajstić information content (AvgIpc) is 2.84. The van der Waals surface area contributed by atoms with Crippen LogP contribution in [0.5, 0.6) is 0 Å². The van der Waals surface area contributed by atoms with Gasteiger partial charge in [0.2, 0.25) is 5.91 Å².